The van der Waals surface area contributed by atoms with Crippen LogP contribution in [0.4, 0.5) is 10.5 Å². The van der Waals surface area contributed by atoms with E-state index in [4.69, 9.17) is 21.4 Å². The Bertz CT molecular complexity index is 612. The molecule has 1 aromatic carbocycles. The average Bonchev–Trinajstić information content (AvgIpc) is 2.60. The number of hydrogen-bond acceptors (Lipinski definition) is 4. The summed E-state index contributed by atoms with van der Waals surface area (Å²) >= 11 is 6.27. The van der Waals surface area contributed by atoms with Crippen molar-refractivity contribution in [3.05, 3.63) is 28.3 Å². The van der Waals surface area contributed by atoms with Gasteiger partial charge in [-0.15, -0.1) is 0 Å². The Labute approximate surface area is 153 Å². The van der Waals surface area contributed by atoms with Crippen LogP contribution in [0.1, 0.15) is 24.0 Å². The number of carboxylic acid groups (broad SMARTS) is 1. The molecule has 1 aromatic rings. The highest BCUT2D eigenvalue weighted by Crippen LogP contribution is 2.27. The van der Waals surface area contributed by atoms with Crippen LogP contribution < -0.4 is 5.32 Å². The zero-order valence-electron chi connectivity index (χ0n) is 14.6. The molecule has 6 nitrogen and oxygen atoms in total. The van der Waals surface area contributed by atoms with E-state index in [-0.39, 0.29) is 0 Å². The molecule has 2 heterocycles. The lowest BCUT2D eigenvalue weighted by Gasteiger charge is -2.40. The van der Waals surface area contributed by atoms with Gasteiger partial charge in [-0.3, -0.25) is 15.1 Å². The van der Waals surface area contributed by atoms with Gasteiger partial charge < -0.3 is 9.84 Å². The van der Waals surface area contributed by atoms with Gasteiger partial charge in [0.25, 0.3) is 0 Å². The van der Waals surface area contributed by atoms with Crippen molar-refractivity contribution in [3.63, 3.8) is 0 Å². The number of anilines is 1. The second-order valence-corrected chi connectivity index (χ2v) is 7.24. The van der Waals surface area contributed by atoms with Crippen molar-refractivity contribution in [2.75, 3.05) is 44.7 Å². The van der Waals surface area contributed by atoms with Crippen LogP contribution in [-0.4, -0.2) is 66.4 Å². The number of morpholine rings is 1. The SMILES string of the molecule is Cc1c(Cl)cc(NC(=O)O)cc1CN1CCC(N2CCOCC2)CC1. The van der Waals surface area contributed by atoms with Crippen LogP contribution in [0.15, 0.2) is 12.1 Å². The topological polar surface area (TPSA) is 65.0 Å². The van der Waals surface area contributed by atoms with E-state index in [1.54, 1.807) is 6.07 Å². The van der Waals surface area contributed by atoms with Gasteiger partial charge in [0.1, 0.15) is 0 Å². The number of rotatable bonds is 4. The molecule has 0 saturated carbocycles. The number of piperidine rings is 1. The Morgan fingerprint density at radius 1 is 1.28 bits per heavy atom. The molecule has 0 unspecified atom stereocenters. The number of benzene rings is 1. The third-order valence-electron chi connectivity index (χ3n) is 5.22. The Kier molecular flexibility index (Phi) is 6.17. The third kappa shape index (κ3) is 4.85. The zero-order chi connectivity index (χ0) is 17.8. The maximum atomic E-state index is 10.9. The van der Waals surface area contributed by atoms with Crippen LogP contribution >= 0.6 is 11.6 Å². The minimum absolute atomic E-state index is 0.529. The molecule has 0 aliphatic carbocycles. The van der Waals surface area contributed by atoms with Crippen LogP contribution in [0.25, 0.3) is 0 Å². The molecule has 2 aliphatic rings. The monoisotopic (exact) mass is 367 g/mol. The normalized spacial score (nSPS) is 20.6. The van der Waals surface area contributed by atoms with Gasteiger partial charge in [0.05, 0.1) is 13.2 Å². The summed E-state index contributed by atoms with van der Waals surface area (Å²) in [6, 6.07) is 4.22. The Morgan fingerprint density at radius 2 is 1.96 bits per heavy atom. The largest absolute Gasteiger partial charge is 0.465 e. The Morgan fingerprint density at radius 3 is 2.60 bits per heavy atom. The van der Waals surface area contributed by atoms with E-state index in [0.29, 0.717) is 16.8 Å². The standard InChI is InChI=1S/C18H26ClN3O3/c1-13-14(10-15(11-17(13)19)20-18(23)24)12-21-4-2-16(3-5-21)22-6-8-25-9-7-22/h10-11,16,20H,2-9,12H2,1H3,(H,23,24). The van der Waals surface area contributed by atoms with Crippen LogP contribution in [0.5, 0.6) is 0 Å². The number of carbonyl (C=O) groups is 1. The molecule has 2 N–H and O–H groups in total. The fraction of sp³-hybridized carbons (Fsp3) is 0.611. The molecule has 2 saturated heterocycles. The third-order valence-corrected chi connectivity index (χ3v) is 5.61. The molecule has 138 valence electrons. The summed E-state index contributed by atoms with van der Waals surface area (Å²) in [7, 11) is 0. The minimum Gasteiger partial charge on any atom is -0.465 e. The summed E-state index contributed by atoms with van der Waals surface area (Å²) in [6.07, 6.45) is 1.26. The molecule has 0 atom stereocenters. The lowest BCUT2D eigenvalue weighted by Crippen LogP contribution is -2.48. The highest BCUT2D eigenvalue weighted by molar-refractivity contribution is 6.31. The van der Waals surface area contributed by atoms with Crippen molar-refractivity contribution in [2.45, 2.75) is 32.4 Å². The van der Waals surface area contributed by atoms with Crippen molar-refractivity contribution >= 4 is 23.4 Å². The minimum atomic E-state index is -1.07. The highest BCUT2D eigenvalue weighted by atomic mass is 35.5. The molecule has 0 spiro atoms. The number of hydrogen-bond donors (Lipinski definition) is 2. The van der Waals surface area contributed by atoms with Crippen LogP contribution in [-0.2, 0) is 11.3 Å². The van der Waals surface area contributed by atoms with Crippen molar-refractivity contribution < 1.29 is 14.6 Å². The molecule has 0 radical (unpaired) electrons. The number of likely N-dealkylation sites (tertiary alicyclic amines) is 1. The molecular formula is C18H26ClN3O3. The van der Waals surface area contributed by atoms with E-state index in [9.17, 15) is 4.79 Å². The quantitative estimate of drug-likeness (QED) is 0.856. The lowest BCUT2D eigenvalue weighted by atomic mass is 10.0. The number of ether oxygens (including phenoxy) is 1. The molecule has 0 bridgehead atoms. The molecule has 7 heteroatoms. The van der Waals surface area contributed by atoms with Gasteiger partial charge in [0, 0.05) is 36.4 Å². The fourth-order valence-corrected chi connectivity index (χ4v) is 3.96. The summed E-state index contributed by atoms with van der Waals surface area (Å²) in [5.41, 5.74) is 2.63. The number of halogens is 1. The van der Waals surface area contributed by atoms with Gasteiger partial charge in [0.15, 0.2) is 0 Å². The first-order chi connectivity index (χ1) is 12.0. The predicted molar refractivity (Wildman–Crippen MR) is 98.5 cm³/mol. The Balaban J connectivity index is 1.59. The van der Waals surface area contributed by atoms with E-state index in [1.165, 1.54) is 12.8 Å². The van der Waals surface area contributed by atoms with Gasteiger partial charge >= 0.3 is 6.09 Å². The second kappa shape index (κ2) is 8.36. The van der Waals surface area contributed by atoms with Crippen molar-refractivity contribution in [2.24, 2.45) is 0 Å². The first kappa shape index (κ1) is 18.5. The van der Waals surface area contributed by atoms with E-state index in [0.717, 1.165) is 57.1 Å². The molecule has 25 heavy (non-hydrogen) atoms. The summed E-state index contributed by atoms with van der Waals surface area (Å²) in [5.74, 6) is 0. The van der Waals surface area contributed by atoms with Gasteiger partial charge in [-0.1, -0.05) is 11.6 Å². The molecule has 3 rings (SSSR count). The summed E-state index contributed by atoms with van der Waals surface area (Å²) in [4.78, 5) is 15.9. The molecular weight excluding hydrogens is 342 g/mol. The number of nitrogens with zero attached hydrogens (tertiary/aromatic N) is 2. The van der Waals surface area contributed by atoms with Gasteiger partial charge in [-0.05, 0) is 56.1 Å². The first-order valence-corrected chi connectivity index (χ1v) is 9.24. The van der Waals surface area contributed by atoms with Crippen molar-refractivity contribution in [3.8, 4) is 0 Å². The summed E-state index contributed by atoms with van der Waals surface area (Å²) in [6.45, 7) is 8.68. The van der Waals surface area contributed by atoms with Crippen LogP contribution in [0, 0.1) is 6.92 Å². The van der Waals surface area contributed by atoms with Crippen molar-refractivity contribution in [1.82, 2.24) is 9.80 Å². The van der Waals surface area contributed by atoms with Crippen molar-refractivity contribution in [1.29, 1.82) is 0 Å². The number of amides is 1. The maximum absolute atomic E-state index is 10.9. The maximum Gasteiger partial charge on any atom is 0.409 e. The molecule has 2 fully saturated rings. The molecule has 2 aliphatic heterocycles. The van der Waals surface area contributed by atoms with Gasteiger partial charge in [-0.2, -0.15) is 0 Å². The van der Waals surface area contributed by atoms with Gasteiger partial charge in [-0.25, -0.2) is 4.79 Å². The molecule has 1 amide bonds. The predicted octanol–water partition coefficient (Wildman–Crippen LogP) is 3.03. The fourth-order valence-electron chi connectivity index (χ4n) is 3.72. The van der Waals surface area contributed by atoms with E-state index in [1.807, 2.05) is 13.0 Å². The highest BCUT2D eigenvalue weighted by Gasteiger charge is 2.26. The number of nitrogens with one attached hydrogen (secondary N) is 1. The second-order valence-electron chi connectivity index (χ2n) is 6.83. The summed E-state index contributed by atoms with van der Waals surface area (Å²) in [5, 5.41) is 11.9. The lowest BCUT2D eigenvalue weighted by molar-refractivity contribution is 0.000218. The van der Waals surface area contributed by atoms with Crippen LogP contribution in [0.3, 0.4) is 0 Å². The van der Waals surface area contributed by atoms with E-state index < -0.39 is 6.09 Å². The first-order valence-electron chi connectivity index (χ1n) is 8.86. The Hall–Kier alpha value is -1.34. The van der Waals surface area contributed by atoms with Crippen LogP contribution in [0.2, 0.25) is 5.02 Å². The average molecular weight is 368 g/mol. The smallest absolute Gasteiger partial charge is 0.409 e. The van der Waals surface area contributed by atoms with E-state index in [2.05, 4.69) is 15.1 Å². The van der Waals surface area contributed by atoms with E-state index >= 15 is 0 Å². The van der Waals surface area contributed by atoms with Gasteiger partial charge in [0.2, 0.25) is 0 Å². The summed E-state index contributed by atoms with van der Waals surface area (Å²) < 4.78 is 5.44. The zero-order valence-corrected chi connectivity index (χ0v) is 15.4. The molecule has 0 aromatic heterocycles.